The number of carbonyl (C=O) groups is 1. The lowest BCUT2D eigenvalue weighted by Gasteiger charge is -2.09. The molecule has 0 aliphatic heterocycles. The minimum absolute atomic E-state index is 0.106. The molecule has 0 radical (unpaired) electrons. The molecule has 1 N–H and O–H groups in total. The molecule has 0 saturated carbocycles. The number of hydrogen-bond acceptors (Lipinski definition) is 6. The standard InChI is InChI=1S/C12H15NO6/c1-18-12(15)3-2-6-19-11-5-4-10(13(16)17)7-9(11)8-14/h4-5,7,14H,2-3,6,8H2,1H3. The normalized spacial score (nSPS) is 10.0. The molecule has 0 saturated heterocycles. The van der Waals surface area contributed by atoms with Gasteiger partial charge in [0.05, 0.1) is 25.2 Å². The van der Waals surface area contributed by atoms with Crippen molar-refractivity contribution in [2.45, 2.75) is 19.4 Å². The number of non-ortho nitro benzene ring substituents is 1. The Morgan fingerprint density at radius 2 is 2.21 bits per heavy atom. The molecule has 104 valence electrons. The Hall–Kier alpha value is -2.15. The van der Waals surface area contributed by atoms with Crippen molar-refractivity contribution >= 4 is 11.7 Å². The van der Waals surface area contributed by atoms with Crippen molar-refractivity contribution in [3.05, 3.63) is 33.9 Å². The van der Waals surface area contributed by atoms with E-state index in [2.05, 4.69) is 4.74 Å². The Kier molecular flexibility index (Phi) is 5.74. The number of aliphatic hydroxyl groups is 1. The summed E-state index contributed by atoms with van der Waals surface area (Å²) in [5.41, 5.74) is 0.234. The summed E-state index contributed by atoms with van der Waals surface area (Å²) in [5.74, 6) is 0.0487. The van der Waals surface area contributed by atoms with E-state index >= 15 is 0 Å². The number of nitro groups is 1. The first-order chi connectivity index (χ1) is 9.08. The second-order valence-corrected chi connectivity index (χ2v) is 3.74. The first kappa shape index (κ1) is 14.9. The summed E-state index contributed by atoms with van der Waals surface area (Å²) in [6.07, 6.45) is 0.701. The largest absolute Gasteiger partial charge is 0.493 e. The molecule has 0 heterocycles. The van der Waals surface area contributed by atoms with Crippen LogP contribution in [0.1, 0.15) is 18.4 Å². The van der Waals surface area contributed by atoms with E-state index in [0.29, 0.717) is 17.7 Å². The summed E-state index contributed by atoms with van der Waals surface area (Å²) in [4.78, 5) is 20.9. The molecule has 1 aromatic carbocycles. The van der Waals surface area contributed by atoms with Crippen LogP contribution >= 0.6 is 0 Å². The number of nitro benzene ring substituents is 1. The van der Waals surface area contributed by atoms with Gasteiger partial charge in [-0.3, -0.25) is 14.9 Å². The van der Waals surface area contributed by atoms with E-state index in [4.69, 9.17) is 9.84 Å². The van der Waals surface area contributed by atoms with Gasteiger partial charge in [0.2, 0.25) is 0 Å². The first-order valence-electron chi connectivity index (χ1n) is 5.66. The molecule has 0 aliphatic rings. The van der Waals surface area contributed by atoms with Crippen LogP contribution in [0.4, 0.5) is 5.69 Å². The first-order valence-corrected chi connectivity index (χ1v) is 5.66. The molecule has 0 bridgehead atoms. The van der Waals surface area contributed by atoms with E-state index in [1.807, 2.05) is 0 Å². The van der Waals surface area contributed by atoms with Crippen LogP contribution in [0.3, 0.4) is 0 Å². The number of esters is 1. The van der Waals surface area contributed by atoms with Gasteiger partial charge in [-0.05, 0) is 12.5 Å². The fourth-order valence-corrected chi connectivity index (χ4v) is 1.44. The zero-order chi connectivity index (χ0) is 14.3. The topological polar surface area (TPSA) is 98.9 Å². The van der Waals surface area contributed by atoms with Crippen LogP contribution in [-0.4, -0.2) is 29.7 Å². The van der Waals surface area contributed by atoms with Crippen molar-refractivity contribution in [3.63, 3.8) is 0 Å². The quantitative estimate of drug-likeness (QED) is 0.348. The van der Waals surface area contributed by atoms with E-state index in [0.717, 1.165) is 0 Å². The fourth-order valence-electron chi connectivity index (χ4n) is 1.44. The molecule has 7 heteroatoms. The summed E-state index contributed by atoms with van der Waals surface area (Å²) < 4.78 is 9.85. The number of nitrogens with zero attached hydrogens (tertiary/aromatic N) is 1. The Morgan fingerprint density at radius 1 is 1.47 bits per heavy atom. The summed E-state index contributed by atoms with van der Waals surface area (Å²) in [7, 11) is 1.31. The lowest BCUT2D eigenvalue weighted by molar-refractivity contribution is -0.385. The van der Waals surface area contributed by atoms with Gasteiger partial charge in [0.1, 0.15) is 5.75 Å². The van der Waals surface area contributed by atoms with E-state index in [1.54, 1.807) is 0 Å². The molecule has 0 amide bonds. The number of hydrogen-bond donors (Lipinski definition) is 1. The number of rotatable bonds is 7. The molecule has 0 atom stereocenters. The average Bonchev–Trinajstić information content (AvgIpc) is 2.42. The van der Waals surface area contributed by atoms with Crippen molar-refractivity contribution in [1.82, 2.24) is 0 Å². The van der Waals surface area contributed by atoms with Crippen molar-refractivity contribution in [3.8, 4) is 5.75 Å². The van der Waals surface area contributed by atoms with E-state index < -0.39 is 4.92 Å². The number of benzene rings is 1. The fraction of sp³-hybridized carbons (Fsp3) is 0.417. The van der Waals surface area contributed by atoms with Crippen LogP contribution in [0.15, 0.2) is 18.2 Å². The molecule has 0 spiro atoms. The van der Waals surface area contributed by atoms with Gasteiger partial charge in [0.25, 0.3) is 5.69 Å². The molecular formula is C12H15NO6. The number of carbonyl (C=O) groups excluding carboxylic acids is 1. The van der Waals surface area contributed by atoms with E-state index in [9.17, 15) is 14.9 Å². The molecule has 0 aliphatic carbocycles. The second kappa shape index (κ2) is 7.32. The predicted octanol–water partition coefficient (Wildman–Crippen LogP) is 1.42. The van der Waals surface area contributed by atoms with Crippen LogP contribution in [0, 0.1) is 10.1 Å². The molecule has 1 rings (SSSR count). The van der Waals surface area contributed by atoms with Gasteiger partial charge in [-0.2, -0.15) is 0 Å². The molecule has 0 unspecified atom stereocenters. The second-order valence-electron chi connectivity index (χ2n) is 3.74. The molecule has 7 nitrogen and oxygen atoms in total. The third-order valence-electron chi connectivity index (χ3n) is 2.44. The van der Waals surface area contributed by atoms with Gasteiger partial charge in [-0.25, -0.2) is 0 Å². The van der Waals surface area contributed by atoms with Gasteiger partial charge < -0.3 is 14.6 Å². The van der Waals surface area contributed by atoms with Gasteiger partial charge in [0.15, 0.2) is 0 Å². The maximum absolute atomic E-state index is 10.9. The van der Waals surface area contributed by atoms with Crippen LogP contribution in [0.25, 0.3) is 0 Å². The lowest BCUT2D eigenvalue weighted by Crippen LogP contribution is -2.05. The third kappa shape index (κ3) is 4.55. The van der Waals surface area contributed by atoms with Crippen molar-refractivity contribution in [2.24, 2.45) is 0 Å². The van der Waals surface area contributed by atoms with E-state index in [1.165, 1.54) is 25.3 Å². The van der Waals surface area contributed by atoms with Crippen LogP contribution in [0.5, 0.6) is 5.75 Å². The Labute approximate surface area is 109 Å². The summed E-state index contributed by atoms with van der Waals surface area (Å²) in [6.45, 7) is -0.0894. The zero-order valence-electron chi connectivity index (χ0n) is 10.5. The highest BCUT2D eigenvalue weighted by Crippen LogP contribution is 2.24. The third-order valence-corrected chi connectivity index (χ3v) is 2.44. The molecule has 0 fully saturated rings. The Balaban J connectivity index is 2.58. The maximum atomic E-state index is 10.9. The van der Waals surface area contributed by atoms with Gasteiger partial charge in [-0.1, -0.05) is 0 Å². The van der Waals surface area contributed by atoms with Crippen LogP contribution < -0.4 is 4.74 Å². The summed E-state index contributed by atoms with van der Waals surface area (Å²) in [5, 5.41) is 19.7. The minimum Gasteiger partial charge on any atom is -0.493 e. The Bertz CT molecular complexity index is 460. The maximum Gasteiger partial charge on any atom is 0.305 e. The van der Waals surface area contributed by atoms with Crippen LogP contribution in [0.2, 0.25) is 0 Å². The van der Waals surface area contributed by atoms with Crippen molar-refractivity contribution in [1.29, 1.82) is 0 Å². The zero-order valence-corrected chi connectivity index (χ0v) is 10.5. The highest BCUT2D eigenvalue weighted by molar-refractivity contribution is 5.69. The van der Waals surface area contributed by atoms with Gasteiger partial charge >= 0.3 is 5.97 Å². The minimum atomic E-state index is -0.541. The van der Waals surface area contributed by atoms with E-state index in [-0.39, 0.29) is 31.3 Å². The van der Waals surface area contributed by atoms with Crippen LogP contribution in [-0.2, 0) is 16.1 Å². The SMILES string of the molecule is COC(=O)CCCOc1ccc([N+](=O)[O-])cc1CO. The number of methoxy groups -OCH3 is 1. The number of ether oxygens (including phenoxy) is 2. The Morgan fingerprint density at radius 3 is 2.79 bits per heavy atom. The molecule has 19 heavy (non-hydrogen) atoms. The van der Waals surface area contributed by atoms with Gasteiger partial charge in [-0.15, -0.1) is 0 Å². The molecular weight excluding hydrogens is 254 g/mol. The summed E-state index contributed by atoms with van der Waals surface area (Å²) in [6, 6.07) is 3.99. The highest BCUT2D eigenvalue weighted by Gasteiger charge is 2.11. The monoisotopic (exact) mass is 269 g/mol. The highest BCUT2D eigenvalue weighted by atomic mass is 16.6. The van der Waals surface area contributed by atoms with Gasteiger partial charge in [0, 0.05) is 24.1 Å². The smallest absolute Gasteiger partial charge is 0.305 e. The van der Waals surface area contributed by atoms with Crippen molar-refractivity contribution < 1.29 is 24.3 Å². The molecule has 0 aromatic heterocycles. The number of aliphatic hydroxyl groups excluding tert-OH is 1. The predicted molar refractivity (Wildman–Crippen MR) is 65.8 cm³/mol. The molecule has 1 aromatic rings. The lowest BCUT2D eigenvalue weighted by atomic mass is 10.2. The average molecular weight is 269 g/mol. The van der Waals surface area contributed by atoms with Crippen molar-refractivity contribution in [2.75, 3.05) is 13.7 Å². The summed E-state index contributed by atoms with van der Waals surface area (Å²) >= 11 is 0.